The van der Waals surface area contributed by atoms with Crippen LogP contribution in [0.1, 0.15) is 42.2 Å². The van der Waals surface area contributed by atoms with E-state index in [1.807, 2.05) is 24.4 Å². The number of nitrogens with zero attached hydrogens (tertiary/aromatic N) is 1. The number of pyridine rings is 1. The Morgan fingerprint density at radius 1 is 1.21 bits per heavy atom. The van der Waals surface area contributed by atoms with Crippen molar-refractivity contribution in [3.63, 3.8) is 0 Å². The van der Waals surface area contributed by atoms with Gasteiger partial charge in [-0.2, -0.15) is 0 Å². The first kappa shape index (κ1) is 14.9. The van der Waals surface area contributed by atoms with E-state index in [2.05, 4.69) is 47.3 Å². The van der Waals surface area contributed by atoms with Crippen LogP contribution in [-0.4, -0.2) is 22.4 Å². The molecular formula is C20H21N3O. The Balaban J connectivity index is 1.84. The summed E-state index contributed by atoms with van der Waals surface area (Å²) in [4.78, 5) is 20.3. The highest BCUT2D eigenvalue weighted by atomic mass is 16.1. The lowest BCUT2D eigenvalue weighted by molar-refractivity contribution is 0.0938. The highest BCUT2D eigenvalue weighted by molar-refractivity contribution is 6.00. The van der Waals surface area contributed by atoms with Crippen LogP contribution in [-0.2, 0) is 0 Å². The van der Waals surface area contributed by atoms with Gasteiger partial charge < -0.3 is 10.3 Å². The summed E-state index contributed by atoms with van der Waals surface area (Å²) in [6.45, 7) is 5.14. The molecule has 0 spiro atoms. The molecule has 0 saturated carbocycles. The first-order valence-electron chi connectivity index (χ1n) is 8.48. The van der Waals surface area contributed by atoms with Gasteiger partial charge in [-0.25, -0.2) is 0 Å². The summed E-state index contributed by atoms with van der Waals surface area (Å²) in [5.74, 6) is 0.943. The number of nitrogens with one attached hydrogen (secondary N) is 2. The summed E-state index contributed by atoms with van der Waals surface area (Å²) >= 11 is 0. The van der Waals surface area contributed by atoms with Crippen molar-refractivity contribution in [2.45, 2.75) is 26.2 Å². The number of carbonyl (C=O) groups is 1. The van der Waals surface area contributed by atoms with Crippen molar-refractivity contribution in [1.29, 1.82) is 0 Å². The molecule has 0 radical (unpaired) electrons. The summed E-state index contributed by atoms with van der Waals surface area (Å²) in [6, 6.07) is 12.1. The molecule has 2 N–H and O–H groups in total. The molecule has 1 aliphatic rings. The molecule has 1 unspecified atom stereocenters. The third-order valence-corrected chi connectivity index (χ3v) is 4.69. The van der Waals surface area contributed by atoms with E-state index in [1.165, 1.54) is 0 Å². The quantitative estimate of drug-likeness (QED) is 0.763. The lowest BCUT2D eigenvalue weighted by Crippen LogP contribution is -2.35. The number of amides is 1. The van der Waals surface area contributed by atoms with Crippen molar-refractivity contribution < 1.29 is 4.79 Å². The highest BCUT2D eigenvalue weighted by Crippen LogP contribution is 2.34. The Labute approximate surface area is 141 Å². The first-order chi connectivity index (χ1) is 11.6. The number of hydrogen-bond acceptors (Lipinski definition) is 2. The van der Waals surface area contributed by atoms with Gasteiger partial charge in [0.25, 0.3) is 5.91 Å². The maximum absolute atomic E-state index is 12.3. The summed E-state index contributed by atoms with van der Waals surface area (Å²) in [7, 11) is 0. The molecule has 24 heavy (non-hydrogen) atoms. The lowest BCUT2D eigenvalue weighted by Gasteiger charge is -2.24. The number of aromatic amines is 1. The van der Waals surface area contributed by atoms with Crippen LogP contribution in [0.4, 0.5) is 0 Å². The van der Waals surface area contributed by atoms with Gasteiger partial charge in [-0.05, 0) is 24.5 Å². The van der Waals surface area contributed by atoms with E-state index in [-0.39, 0.29) is 5.91 Å². The van der Waals surface area contributed by atoms with Crippen LogP contribution in [0.5, 0.6) is 0 Å². The lowest BCUT2D eigenvalue weighted by atomic mass is 9.89. The number of benzene rings is 1. The highest BCUT2D eigenvalue weighted by Gasteiger charge is 2.28. The van der Waals surface area contributed by atoms with Gasteiger partial charge in [-0.1, -0.05) is 38.1 Å². The number of aromatic nitrogens is 2. The molecule has 1 atom stereocenters. The van der Waals surface area contributed by atoms with E-state index >= 15 is 0 Å². The monoisotopic (exact) mass is 319 g/mol. The molecule has 1 amide bonds. The smallest absolute Gasteiger partial charge is 0.253 e. The van der Waals surface area contributed by atoms with Crippen LogP contribution in [0.25, 0.3) is 22.2 Å². The van der Waals surface area contributed by atoms with Crippen LogP contribution in [0.2, 0.25) is 0 Å². The molecule has 0 fully saturated rings. The van der Waals surface area contributed by atoms with E-state index in [4.69, 9.17) is 0 Å². The molecule has 2 aromatic heterocycles. The first-order valence-corrected chi connectivity index (χ1v) is 8.48. The van der Waals surface area contributed by atoms with Gasteiger partial charge in [-0.3, -0.25) is 9.78 Å². The zero-order valence-electron chi connectivity index (χ0n) is 14.0. The van der Waals surface area contributed by atoms with Crippen LogP contribution >= 0.6 is 0 Å². The topological polar surface area (TPSA) is 57.8 Å². The average molecular weight is 319 g/mol. The molecule has 4 heteroatoms. The zero-order valence-corrected chi connectivity index (χ0v) is 14.0. The Hall–Kier alpha value is -2.62. The maximum atomic E-state index is 12.3. The number of carbonyl (C=O) groups excluding carboxylic acids is 1. The van der Waals surface area contributed by atoms with Crippen LogP contribution in [0.3, 0.4) is 0 Å². The summed E-state index contributed by atoms with van der Waals surface area (Å²) < 4.78 is 0. The van der Waals surface area contributed by atoms with Gasteiger partial charge in [-0.15, -0.1) is 0 Å². The second-order valence-corrected chi connectivity index (χ2v) is 6.93. The van der Waals surface area contributed by atoms with Gasteiger partial charge in [0, 0.05) is 41.0 Å². The van der Waals surface area contributed by atoms with Gasteiger partial charge in [0.15, 0.2) is 0 Å². The molecule has 4 rings (SSSR count). The van der Waals surface area contributed by atoms with E-state index in [1.54, 1.807) is 0 Å². The van der Waals surface area contributed by atoms with Crippen molar-refractivity contribution in [2.24, 2.45) is 5.92 Å². The molecule has 1 aromatic carbocycles. The van der Waals surface area contributed by atoms with E-state index in [0.29, 0.717) is 18.4 Å². The number of hydrogen-bond donors (Lipinski definition) is 2. The third-order valence-electron chi connectivity index (χ3n) is 4.69. The second kappa shape index (κ2) is 5.78. The van der Waals surface area contributed by atoms with E-state index < -0.39 is 0 Å². The van der Waals surface area contributed by atoms with Gasteiger partial charge in [0.05, 0.1) is 11.1 Å². The second-order valence-electron chi connectivity index (χ2n) is 6.93. The summed E-state index contributed by atoms with van der Waals surface area (Å²) in [6.07, 6.45) is 2.87. The van der Waals surface area contributed by atoms with Gasteiger partial charge in [0.1, 0.15) is 0 Å². The normalized spacial score (nSPS) is 17.1. The molecule has 122 valence electrons. The van der Waals surface area contributed by atoms with E-state index in [9.17, 15) is 4.79 Å². The molecule has 0 aliphatic carbocycles. The van der Waals surface area contributed by atoms with Crippen LogP contribution < -0.4 is 5.32 Å². The zero-order chi connectivity index (χ0) is 16.7. The number of rotatable bonds is 3. The number of fused-ring (bicyclic) bond motifs is 2. The Kier molecular flexibility index (Phi) is 3.60. The van der Waals surface area contributed by atoms with Crippen molar-refractivity contribution in [1.82, 2.24) is 15.3 Å². The molecule has 3 aromatic rings. The van der Waals surface area contributed by atoms with Gasteiger partial charge >= 0.3 is 0 Å². The SMILES string of the molecule is CC(C)CC1CNC(=O)c2cc(-c3cccc4cccnc34)[nH]c21. The molecule has 3 heterocycles. The Morgan fingerprint density at radius 2 is 2.04 bits per heavy atom. The number of para-hydroxylation sites is 1. The minimum absolute atomic E-state index is 0.0145. The maximum Gasteiger partial charge on any atom is 0.253 e. The summed E-state index contributed by atoms with van der Waals surface area (Å²) in [5.41, 5.74) is 4.80. The largest absolute Gasteiger partial charge is 0.357 e. The van der Waals surface area contributed by atoms with Crippen molar-refractivity contribution >= 4 is 16.8 Å². The van der Waals surface area contributed by atoms with Gasteiger partial charge in [0.2, 0.25) is 0 Å². The molecular weight excluding hydrogens is 298 g/mol. The molecule has 4 nitrogen and oxygen atoms in total. The minimum Gasteiger partial charge on any atom is -0.357 e. The van der Waals surface area contributed by atoms with Crippen LogP contribution in [0, 0.1) is 5.92 Å². The molecule has 0 saturated heterocycles. The van der Waals surface area contributed by atoms with Crippen LogP contribution in [0.15, 0.2) is 42.6 Å². The molecule has 0 bridgehead atoms. The van der Waals surface area contributed by atoms with Crippen molar-refractivity contribution in [3.05, 3.63) is 53.9 Å². The van der Waals surface area contributed by atoms with E-state index in [0.717, 1.165) is 39.8 Å². The average Bonchev–Trinajstić information content (AvgIpc) is 3.03. The standard InChI is InChI=1S/C20H21N3O/c1-12(2)9-14-11-22-20(24)16-10-17(23-19(14)16)15-7-3-5-13-6-4-8-21-18(13)15/h3-8,10,12,14,23H,9,11H2,1-2H3,(H,22,24). The Morgan fingerprint density at radius 3 is 2.88 bits per heavy atom. The third kappa shape index (κ3) is 2.48. The Bertz CT molecular complexity index is 905. The minimum atomic E-state index is 0.0145. The fraction of sp³-hybridized carbons (Fsp3) is 0.300. The molecule has 1 aliphatic heterocycles. The predicted octanol–water partition coefficient (Wildman–Crippen LogP) is 4.10. The fourth-order valence-electron chi connectivity index (χ4n) is 3.63. The summed E-state index contributed by atoms with van der Waals surface area (Å²) in [5, 5.41) is 4.12. The predicted molar refractivity (Wildman–Crippen MR) is 96.1 cm³/mol. The van der Waals surface area contributed by atoms with Crippen molar-refractivity contribution in [3.8, 4) is 11.3 Å². The number of H-pyrrole nitrogens is 1. The fourth-order valence-corrected chi connectivity index (χ4v) is 3.63. The van der Waals surface area contributed by atoms with Crippen molar-refractivity contribution in [2.75, 3.05) is 6.54 Å².